The number of hydrogen-bond acceptors (Lipinski definition) is 1. The molecule has 0 unspecified atom stereocenters. The maximum Gasteiger partial charge on any atom is 0.0780 e. The molecule has 0 aliphatic carbocycles. The molecule has 0 aromatic carbocycles. The zero-order chi connectivity index (χ0) is 15.0. The van der Waals surface area contributed by atoms with Gasteiger partial charge >= 0.3 is 0 Å². The average Bonchev–Trinajstić information content (AvgIpc) is 2.31. The quantitative estimate of drug-likeness (QED) is 0.442. The van der Waals surface area contributed by atoms with E-state index >= 15 is 0 Å². The lowest BCUT2D eigenvalue weighted by Gasteiger charge is -2.23. The summed E-state index contributed by atoms with van der Waals surface area (Å²) in [5.74, 6) is 0. The highest BCUT2D eigenvalue weighted by molar-refractivity contribution is 4.47. The van der Waals surface area contributed by atoms with Crippen LogP contribution in [-0.4, -0.2) is 43.9 Å². The number of nitrogens with zero attached hydrogens (tertiary/aromatic N) is 1. The topological polar surface area (TPSA) is 20.2 Å². The van der Waals surface area contributed by atoms with Gasteiger partial charge in [-0.15, -0.1) is 0 Å². The molecule has 0 radical (unpaired) electrons. The first-order valence-electron chi connectivity index (χ1n) is 8.39. The van der Waals surface area contributed by atoms with Crippen molar-refractivity contribution in [2.75, 3.05) is 34.3 Å². The molecule has 0 fully saturated rings. The fraction of sp³-hybridized carbons (Fsp3) is 1.00. The second-order valence-electron chi connectivity index (χ2n) is 6.51. The summed E-state index contributed by atoms with van der Waals surface area (Å²) in [6.07, 6.45) is 14.4. The zero-order valence-corrected chi connectivity index (χ0v) is 16.3. The predicted molar refractivity (Wildman–Crippen MR) is 87.5 cm³/mol. The highest BCUT2D eigenvalue weighted by atomic mass is 79.9. The van der Waals surface area contributed by atoms with Crippen LogP contribution in [0.5, 0.6) is 0 Å². The average molecular weight is 354 g/mol. The van der Waals surface area contributed by atoms with E-state index in [4.69, 9.17) is 5.11 Å². The normalized spacial score (nSPS) is 10.5. The first kappa shape index (κ1) is 25.4. The van der Waals surface area contributed by atoms with E-state index in [1.807, 2.05) is 0 Å². The lowest BCUT2D eigenvalue weighted by Crippen LogP contribution is -3.00. The Morgan fingerprint density at radius 1 is 0.650 bits per heavy atom. The van der Waals surface area contributed by atoms with Gasteiger partial charge < -0.3 is 26.6 Å². The van der Waals surface area contributed by atoms with Gasteiger partial charge in [-0.2, -0.15) is 0 Å². The number of rotatable bonds is 11. The van der Waals surface area contributed by atoms with Crippen LogP contribution in [-0.2, 0) is 0 Å². The Kier molecular flexibility index (Phi) is 24.6. The Bertz CT molecular complexity index is 158. The number of aliphatic hydroxyl groups is 1. The highest BCUT2D eigenvalue weighted by Gasteiger charge is 2.04. The van der Waals surface area contributed by atoms with Gasteiger partial charge in [-0.05, 0) is 19.8 Å². The van der Waals surface area contributed by atoms with Crippen molar-refractivity contribution >= 4 is 0 Å². The summed E-state index contributed by atoms with van der Waals surface area (Å²) in [6, 6.07) is 0. The van der Waals surface area contributed by atoms with Gasteiger partial charge in [-0.25, -0.2) is 0 Å². The van der Waals surface area contributed by atoms with Crippen molar-refractivity contribution in [2.45, 2.75) is 78.1 Å². The minimum atomic E-state index is 0. The molecule has 0 aliphatic rings. The molecule has 0 atom stereocenters. The summed E-state index contributed by atoms with van der Waals surface area (Å²) >= 11 is 0. The fourth-order valence-corrected chi connectivity index (χ4v) is 2.07. The van der Waals surface area contributed by atoms with Crippen molar-refractivity contribution in [3.63, 3.8) is 0 Å². The molecule has 2 nitrogen and oxygen atoms in total. The van der Waals surface area contributed by atoms with Gasteiger partial charge in [0.2, 0.25) is 0 Å². The van der Waals surface area contributed by atoms with Crippen LogP contribution in [0.4, 0.5) is 0 Å². The minimum absolute atomic E-state index is 0. The van der Waals surface area contributed by atoms with Crippen molar-refractivity contribution in [3.8, 4) is 0 Å². The van der Waals surface area contributed by atoms with Gasteiger partial charge in [0, 0.05) is 6.61 Å². The molecule has 0 saturated heterocycles. The fourth-order valence-electron chi connectivity index (χ4n) is 2.07. The van der Waals surface area contributed by atoms with Crippen LogP contribution in [0.25, 0.3) is 0 Å². The smallest absolute Gasteiger partial charge is 0.0780 e. The predicted octanol–water partition coefficient (Wildman–Crippen LogP) is 1.62. The van der Waals surface area contributed by atoms with E-state index in [-0.39, 0.29) is 23.6 Å². The molecule has 0 amide bonds. The molecule has 0 heterocycles. The van der Waals surface area contributed by atoms with Crippen LogP contribution >= 0.6 is 0 Å². The van der Waals surface area contributed by atoms with Gasteiger partial charge in [0.05, 0.1) is 27.7 Å². The molecular formula is C17H40BrNO. The minimum Gasteiger partial charge on any atom is -1.00 e. The maximum absolute atomic E-state index is 7.57. The standard InChI is InChI=1S/C15H34N.C2H6O.BrH/c1-5-6-7-8-9-10-11-12-13-14-15-16(2,3)4;1-2-3;/h5-15H2,1-4H3;3H,2H2,1H3;1H/q+1;;/p-1. The molecule has 0 rings (SSSR count). The molecule has 0 spiro atoms. The number of aliphatic hydroxyl groups excluding tert-OH is 1. The first-order chi connectivity index (χ1) is 8.97. The molecule has 0 aromatic rings. The van der Waals surface area contributed by atoms with E-state index < -0.39 is 0 Å². The van der Waals surface area contributed by atoms with E-state index in [1.165, 1.54) is 70.8 Å². The lowest BCUT2D eigenvalue weighted by atomic mass is 10.1. The molecule has 1 N–H and O–H groups in total. The van der Waals surface area contributed by atoms with E-state index in [9.17, 15) is 0 Å². The number of unbranched alkanes of at least 4 members (excludes halogenated alkanes) is 9. The Hall–Kier alpha value is 0.400. The summed E-state index contributed by atoms with van der Waals surface area (Å²) in [4.78, 5) is 0. The third kappa shape index (κ3) is 31.0. The van der Waals surface area contributed by atoms with Gasteiger partial charge in [-0.1, -0.05) is 58.3 Å². The SMILES string of the molecule is CCCCCCCCCCCC[N+](C)(C)C.CCO.[Br-]. The number of hydrogen-bond donors (Lipinski definition) is 1. The molecule has 0 aromatic heterocycles. The van der Waals surface area contributed by atoms with Gasteiger partial charge in [0.15, 0.2) is 0 Å². The zero-order valence-electron chi connectivity index (χ0n) is 14.8. The van der Waals surface area contributed by atoms with Crippen LogP contribution in [0.15, 0.2) is 0 Å². The molecule has 0 aliphatic heterocycles. The molecule has 20 heavy (non-hydrogen) atoms. The van der Waals surface area contributed by atoms with Crippen LogP contribution in [0, 0.1) is 0 Å². The summed E-state index contributed by atoms with van der Waals surface area (Å²) < 4.78 is 1.12. The Morgan fingerprint density at radius 3 is 1.25 bits per heavy atom. The van der Waals surface area contributed by atoms with Crippen LogP contribution in [0.2, 0.25) is 0 Å². The summed E-state index contributed by atoms with van der Waals surface area (Å²) in [7, 11) is 6.86. The van der Waals surface area contributed by atoms with Crippen molar-refractivity contribution < 1.29 is 26.6 Å². The summed E-state index contributed by atoms with van der Waals surface area (Å²) in [6.45, 7) is 5.55. The molecule has 3 heteroatoms. The second-order valence-corrected chi connectivity index (χ2v) is 6.51. The van der Waals surface area contributed by atoms with Crippen LogP contribution in [0.1, 0.15) is 78.1 Å². The molecule has 0 saturated carbocycles. The highest BCUT2D eigenvalue weighted by Crippen LogP contribution is 2.10. The number of halogens is 1. The van der Waals surface area contributed by atoms with E-state index in [2.05, 4.69) is 28.1 Å². The van der Waals surface area contributed by atoms with E-state index in [0.29, 0.717) is 0 Å². The van der Waals surface area contributed by atoms with Gasteiger partial charge in [0.1, 0.15) is 0 Å². The monoisotopic (exact) mass is 353 g/mol. The second kappa shape index (κ2) is 19.4. The van der Waals surface area contributed by atoms with Crippen molar-refractivity contribution in [1.29, 1.82) is 0 Å². The Morgan fingerprint density at radius 2 is 0.950 bits per heavy atom. The van der Waals surface area contributed by atoms with Gasteiger partial charge in [-0.3, -0.25) is 0 Å². The van der Waals surface area contributed by atoms with E-state index in [1.54, 1.807) is 6.92 Å². The summed E-state index contributed by atoms with van der Waals surface area (Å²) in [5.41, 5.74) is 0. The third-order valence-corrected chi connectivity index (χ3v) is 3.18. The third-order valence-electron chi connectivity index (χ3n) is 3.18. The van der Waals surface area contributed by atoms with Crippen molar-refractivity contribution in [1.82, 2.24) is 0 Å². The van der Waals surface area contributed by atoms with E-state index in [0.717, 1.165) is 4.48 Å². The lowest BCUT2D eigenvalue weighted by molar-refractivity contribution is -0.870. The van der Waals surface area contributed by atoms with Crippen LogP contribution < -0.4 is 17.0 Å². The van der Waals surface area contributed by atoms with Crippen molar-refractivity contribution in [2.24, 2.45) is 0 Å². The first-order valence-corrected chi connectivity index (χ1v) is 8.39. The largest absolute Gasteiger partial charge is 1.00 e. The Labute approximate surface area is 139 Å². The van der Waals surface area contributed by atoms with Crippen molar-refractivity contribution in [3.05, 3.63) is 0 Å². The molecule has 126 valence electrons. The van der Waals surface area contributed by atoms with Gasteiger partial charge in [0.25, 0.3) is 0 Å². The number of quaternary nitrogens is 1. The molecular weight excluding hydrogens is 314 g/mol. The molecule has 0 bridgehead atoms. The van der Waals surface area contributed by atoms with Crippen LogP contribution in [0.3, 0.4) is 0 Å². The summed E-state index contributed by atoms with van der Waals surface area (Å²) in [5, 5.41) is 7.57. The Balaban J connectivity index is -0.000000657. The maximum atomic E-state index is 7.57.